The predicted molar refractivity (Wildman–Crippen MR) is 107 cm³/mol. The maximum Gasteiger partial charge on any atom is 0.330 e. The Morgan fingerprint density at radius 1 is 1.25 bits per heavy atom. The van der Waals surface area contributed by atoms with E-state index in [1.165, 1.54) is 0 Å². The van der Waals surface area contributed by atoms with Gasteiger partial charge in [0, 0.05) is 11.3 Å². The Balaban J connectivity index is 1.83. The molecule has 2 aromatic rings. The van der Waals surface area contributed by atoms with Crippen molar-refractivity contribution in [2.45, 2.75) is 44.4 Å². The average molecular weight is 383 g/mol. The van der Waals surface area contributed by atoms with E-state index in [0.29, 0.717) is 22.6 Å². The quantitative estimate of drug-likeness (QED) is 0.369. The number of aliphatic carboxylic acids is 1. The van der Waals surface area contributed by atoms with E-state index in [2.05, 4.69) is 5.32 Å². The largest absolute Gasteiger partial charge is 0.488 e. The number of carboxylic acids is 1. The summed E-state index contributed by atoms with van der Waals surface area (Å²) in [6.07, 6.45) is 1.68. The highest BCUT2D eigenvalue weighted by Gasteiger charge is 2.28. The second kappa shape index (κ2) is 8.31. The Bertz CT molecular complexity index is 866. The molecule has 0 bridgehead atoms. The number of carbonyl (C=O) groups is 1. The van der Waals surface area contributed by atoms with Crippen molar-refractivity contribution in [2.75, 3.05) is 5.32 Å². The number of carboxylic acid groups (broad SMARTS) is 1. The van der Waals surface area contributed by atoms with Crippen LogP contribution in [0.2, 0.25) is 0 Å². The Labute approximate surface area is 163 Å². The Morgan fingerprint density at radius 3 is 2.54 bits per heavy atom. The molecule has 0 aliphatic heterocycles. The van der Waals surface area contributed by atoms with Crippen molar-refractivity contribution in [3.05, 3.63) is 59.2 Å². The fourth-order valence-electron chi connectivity index (χ4n) is 3.43. The summed E-state index contributed by atoms with van der Waals surface area (Å²) in [6.45, 7) is 1.88. The van der Waals surface area contributed by atoms with Gasteiger partial charge in [-0.3, -0.25) is 5.41 Å². The summed E-state index contributed by atoms with van der Waals surface area (Å²) in [5, 5.41) is 30.2. The number of amidine groups is 1. The van der Waals surface area contributed by atoms with Crippen LogP contribution >= 0.6 is 0 Å². The predicted octanol–water partition coefficient (Wildman–Crippen LogP) is 2.81. The average Bonchev–Trinajstić information content (AvgIpc) is 3.04. The lowest BCUT2D eigenvalue weighted by Crippen LogP contribution is -2.26. The first kappa shape index (κ1) is 19.7. The Hall–Kier alpha value is -3.06. The van der Waals surface area contributed by atoms with Gasteiger partial charge in [-0.25, -0.2) is 4.79 Å². The molecule has 1 aliphatic rings. The molecule has 6 N–H and O–H groups in total. The van der Waals surface area contributed by atoms with E-state index in [-0.39, 0.29) is 11.9 Å². The summed E-state index contributed by atoms with van der Waals surface area (Å²) in [4.78, 5) is 11.9. The fourth-order valence-corrected chi connectivity index (χ4v) is 3.43. The normalized spacial score (nSPS) is 19.8. The second-order valence-corrected chi connectivity index (χ2v) is 7.14. The molecule has 0 radical (unpaired) electrons. The summed E-state index contributed by atoms with van der Waals surface area (Å²) < 4.78 is 5.92. The zero-order chi connectivity index (χ0) is 20.3. The van der Waals surface area contributed by atoms with E-state index in [1.54, 1.807) is 36.4 Å². The molecule has 0 heterocycles. The van der Waals surface area contributed by atoms with Crippen molar-refractivity contribution >= 4 is 17.5 Å². The number of nitrogen functional groups attached to an aromatic ring is 1. The first-order valence-corrected chi connectivity index (χ1v) is 9.23. The van der Waals surface area contributed by atoms with Gasteiger partial charge in [0.1, 0.15) is 17.7 Å². The number of aryl methyl sites for hydroxylation is 1. The van der Waals surface area contributed by atoms with Gasteiger partial charge < -0.3 is 26.0 Å². The molecular weight excluding hydrogens is 358 g/mol. The van der Waals surface area contributed by atoms with Gasteiger partial charge in [0.2, 0.25) is 0 Å². The number of aliphatic hydroxyl groups is 1. The van der Waals surface area contributed by atoms with Gasteiger partial charge >= 0.3 is 5.97 Å². The van der Waals surface area contributed by atoms with Crippen molar-refractivity contribution < 1.29 is 19.7 Å². The van der Waals surface area contributed by atoms with Crippen molar-refractivity contribution in [3.8, 4) is 5.75 Å². The third-order valence-corrected chi connectivity index (χ3v) is 4.87. The Kier molecular flexibility index (Phi) is 5.84. The van der Waals surface area contributed by atoms with Crippen LogP contribution < -0.4 is 15.8 Å². The van der Waals surface area contributed by atoms with Gasteiger partial charge in [0.15, 0.2) is 6.04 Å². The maximum atomic E-state index is 11.9. The molecule has 1 saturated carbocycles. The number of rotatable bonds is 7. The monoisotopic (exact) mass is 383 g/mol. The third-order valence-electron chi connectivity index (χ3n) is 4.87. The van der Waals surface area contributed by atoms with E-state index in [9.17, 15) is 15.0 Å². The lowest BCUT2D eigenvalue weighted by atomic mass is 10.0. The van der Waals surface area contributed by atoms with Gasteiger partial charge in [-0.05, 0) is 73.7 Å². The zero-order valence-electron chi connectivity index (χ0n) is 15.7. The fraction of sp³-hybridized carbons (Fsp3) is 0.333. The van der Waals surface area contributed by atoms with E-state index in [1.807, 2.05) is 13.0 Å². The topological polar surface area (TPSA) is 129 Å². The molecule has 7 nitrogen and oxygen atoms in total. The smallest absolute Gasteiger partial charge is 0.330 e. The standard InChI is InChI=1S/C21H25N3O4/c1-12-9-14(11-16(10-12)28-18-4-2-3-17(18)25)19(21(26)27)24-15-7-5-13(6-8-15)20(22)23/h5-11,17-19,24-25H,2-4H2,1H3,(H3,22,23)(H,26,27). The van der Waals surface area contributed by atoms with E-state index < -0.39 is 18.1 Å². The van der Waals surface area contributed by atoms with E-state index in [4.69, 9.17) is 15.9 Å². The van der Waals surface area contributed by atoms with Gasteiger partial charge in [0.05, 0.1) is 6.10 Å². The van der Waals surface area contributed by atoms with Crippen LogP contribution in [0.25, 0.3) is 0 Å². The number of hydrogen-bond acceptors (Lipinski definition) is 5. The number of ether oxygens (including phenoxy) is 1. The first-order valence-electron chi connectivity index (χ1n) is 9.23. The minimum Gasteiger partial charge on any atom is -0.488 e. The summed E-state index contributed by atoms with van der Waals surface area (Å²) in [5.41, 5.74) is 8.06. The van der Waals surface area contributed by atoms with Crippen LogP contribution in [0, 0.1) is 12.3 Å². The van der Waals surface area contributed by atoms with Crippen LogP contribution in [-0.2, 0) is 4.79 Å². The van der Waals surface area contributed by atoms with Crippen LogP contribution in [0.5, 0.6) is 5.75 Å². The molecule has 2 aromatic carbocycles. The molecule has 0 amide bonds. The van der Waals surface area contributed by atoms with Gasteiger partial charge in [-0.1, -0.05) is 6.07 Å². The lowest BCUT2D eigenvalue weighted by Gasteiger charge is -2.21. The lowest BCUT2D eigenvalue weighted by molar-refractivity contribution is -0.138. The molecule has 148 valence electrons. The number of nitrogens with one attached hydrogen (secondary N) is 2. The zero-order valence-corrected chi connectivity index (χ0v) is 15.7. The molecule has 0 saturated heterocycles. The summed E-state index contributed by atoms with van der Waals surface area (Å²) in [6, 6.07) is 11.1. The molecule has 3 unspecified atom stereocenters. The SMILES string of the molecule is Cc1cc(OC2CCCC2O)cc(C(Nc2ccc(C(=N)N)cc2)C(=O)O)c1. The van der Waals surface area contributed by atoms with Crippen LogP contribution in [0.3, 0.4) is 0 Å². The van der Waals surface area contributed by atoms with Crippen molar-refractivity contribution in [2.24, 2.45) is 5.73 Å². The molecule has 1 fully saturated rings. The molecule has 1 aliphatic carbocycles. The number of aliphatic hydroxyl groups excluding tert-OH is 1. The van der Waals surface area contributed by atoms with Crippen LogP contribution in [0.15, 0.2) is 42.5 Å². The molecule has 0 spiro atoms. The number of nitrogens with two attached hydrogens (primary N) is 1. The van der Waals surface area contributed by atoms with Crippen LogP contribution in [0.4, 0.5) is 5.69 Å². The number of hydrogen-bond donors (Lipinski definition) is 5. The molecule has 28 heavy (non-hydrogen) atoms. The summed E-state index contributed by atoms with van der Waals surface area (Å²) in [5.74, 6) is -0.509. The van der Waals surface area contributed by atoms with Crippen molar-refractivity contribution in [1.82, 2.24) is 0 Å². The maximum absolute atomic E-state index is 11.9. The molecule has 3 atom stereocenters. The number of benzene rings is 2. The van der Waals surface area contributed by atoms with Crippen molar-refractivity contribution in [1.29, 1.82) is 5.41 Å². The number of anilines is 1. The highest BCUT2D eigenvalue weighted by atomic mass is 16.5. The van der Waals surface area contributed by atoms with E-state index in [0.717, 1.165) is 24.8 Å². The van der Waals surface area contributed by atoms with Gasteiger partial charge in [0.25, 0.3) is 0 Å². The van der Waals surface area contributed by atoms with E-state index >= 15 is 0 Å². The van der Waals surface area contributed by atoms with Gasteiger partial charge in [-0.15, -0.1) is 0 Å². The highest BCUT2D eigenvalue weighted by Crippen LogP contribution is 2.29. The van der Waals surface area contributed by atoms with Crippen LogP contribution in [-0.4, -0.2) is 34.2 Å². The van der Waals surface area contributed by atoms with Crippen LogP contribution in [0.1, 0.15) is 42.0 Å². The second-order valence-electron chi connectivity index (χ2n) is 7.14. The third kappa shape index (κ3) is 4.61. The molecule has 3 rings (SSSR count). The highest BCUT2D eigenvalue weighted by molar-refractivity contribution is 5.95. The minimum absolute atomic E-state index is 0.0455. The van der Waals surface area contributed by atoms with Gasteiger partial charge in [-0.2, -0.15) is 0 Å². The first-order chi connectivity index (χ1) is 13.3. The molecule has 7 heteroatoms. The Morgan fingerprint density at radius 2 is 1.96 bits per heavy atom. The summed E-state index contributed by atoms with van der Waals surface area (Å²) >= 11 is 0. The minimum atomic E-state index is -1.02. The van der Waals surface area contributed by atoms with Crippen molar-refractivity contribution in [3.63, 3.8) is 0 Å². The summed E-state index contributed by atoms with van der Waals surface area (Å²) in [7, 11) is 0. The molecular formula is C21H25N3O4. The molecule has 0 aromatic heterocycles.